The summed E-state index contributed by atoms with van der Waals surface area (Å²) in [4.78, 5) is 11.7. The van der Waals surface area contributed by atoms with Gasteiger partial charge in [-0.25, -0.2) is 0 Å². The number of carbonyl (C=O) groups is 1. The Morgan fingerprint density at radius 2 is 1.65 bits per heavy atom. The van der Waals surface area contributed by atoms with Crippen molar-refractivity contribution in [3.63, 3.8) is 0 Å². The normalized spacial score (nSPS) is 10.9. The molecule has 7 heteroatoms. The quantitative estimate of drug-likeness (QED) is 0.662. The maximum atomic E-state index is 12.7. The van der Waals surface area contributed by atoms with Gasteiger partial charge < -0.3 is 5.32 Å². The van der Waals surface area contributed by atoms with Gasteiger partial charge in [0.25, 0.3) is 15.9 Å². The Morgan fingerprint density at radius 3 is 2.26 bits per heavy atom. The van der Waals surface area contributed by atoms with Crippen LogP contribution in [0.5, 0.6) is 0 Å². The van der Waals surface area contributed by atoms with Crippen molar-refractivity contribution in [1.82, 2.24) is 0 Å². The summed E-state index contributed by atoms with van der Waals surface area (Å²) in [6.45, 7) is 5.06. The van der Waals surface area contributed by atoms with Crippen molar-refractivity contribution in [2.45, 2.75) is 11.8 Å². The molecule has 0 fully saturated rings. The first-order chi connectivity index (χ1) is 10.8. The number of nitrogens with one attached hydrogen (secondary N) is 1. The van der Waals surface area contributed by atoms with Crippen LogP contribution in [0.2, 0.25) is 0 Å². The summed E-state index contributed by atoms with van der Waals surface area (Å²) in [7, 11) is -4.04. The molecule has 120 valence electrons. The van der Waals surface area contributed by atoms with Crippen LogP contribution in [0.3, 0.4) is 0 Å². The van der Waals surface area contributed by atoms with Crippen LogP contribution in [0.25, 0.3) is 0 Å². The van der Waals surface area contributed by atoms with E-state index < -0.39 is 15.9 Å². The third-order valence-electron chi connectivity index (χ3n) is 2.97. The second kappa shape index (κ2) is 6.85. The molecule has 2 aromatic rings. The number of halogens is 1. The fourth-order valence-corrected chi connectivity index (χ4v) is 3.35. The number of nitrogens with zero attached hydrogens (tertiary/aromatic N) is 1. The lowest BCUT2D eigenvalue weighted by atomic mass is 10.3. The van der Waals surface area contributed by atoms with Gasteiger partial charge in [0, 0.05) is 17.3 Å². The van der Waals surface area contributed by atoms with E-state index in [0.29, 0.717) is 9.51 Å². The number of sulfonamides is 1. The van der Waals surface area contributed by atoms with Gasteiger partial charge in [-0.3, -0.25) is 4.79 Å². The smallest absolute Gasteiger partial charge is 0.280 e. The topological polar surface area (TPSA) is 66.5 Å². The Labute approximate surface area is 140 Å². The fraction of sp³-hybridized carbons (Fsp3) is 0.0625. The second-order valence-corrected chi connectivity index (χ2v) is 7.08. The minimum absolute atomic E-state index is 0.103. The summed E-state index contributed by atoms with van der Waals surface area (Å²) < 4.78 is 26.1. The van der Waals surface area contributed by atoms with Crippen molar-refractivity contribution in [3.05, 3.63) is 66.7 Å². The van der Waals surface area contributed by atoms with E-state index in [0.717, 1.165) is 0 Å². The van der Waals surface area contributed by atoms with Gasteiger partial charge in [-0.05, 0) is 31.2 Å². The predicted octanol–water partition coefficient (Wildman–Crippen LogP) is 3.55. The van der Waals surface area contributed by atoms with Crippen LogP contribution in [0.15, 0.2) is 71.6 Å². The number of anilines is 2. The highest BCUT2D eigenvalue weighted by molar-refractivity contribution is 7.94. The number of hydrogen-bond acceptors (Lipinski definition) is 3. The van der Waals surface area contributed by atoms with Crippen LogP contribution >= 0.6 is 11.8 Å². The van der Waals surface area contributed by atoms with Crippen molar-refractivity contribution in [3.8, 4) is 0 Å². The molecule has 0 bridgehead atoms. The highest BCUT2D eigenvalue weighted by Gasteiger charge is 2.26. The number of hydrogen-bond donors (Lipinski definition) is 1. The minimum atomic E-state index is -4.04. The van der Waals surface area contributed by atoms with Gasteiger partial charge in [-0.2, -0.15) is 12.2 Å². The number of benzene rings is 2. The molecule has 5 nitrogen and oxygen atoms in total. The first-order valence-corrected chi connectivity index (χ1v) is 8.44. The lowest BCUT2D eigenvalue weighted by Gasteiger charge is -2.18. The summed E-state index contributed by atoms with van der Waals surface area (Å²) in [5, 5.41) is 2.52. The number of carbonyl (C=O) groups excluding carboxylic acids is 1. The van der Waals surface area contributed by atoms with E-state index in [2.05, 4.69) is 11.9 Å². The first kappa shape index (κ1) is 17.1. The van der Waals surface area contributed by atoms with Crippen LogP contribution in [-0.2, 0) is 14.8 Å². The highest BCUT2D eigenvalue weighted by atomic mass is 35.5. The first-order valence-electron chi connectivity index (χ1n) is 6.66. The van der Waals surface area contributed by atoms with E-state index in [1.165, 1.54) is 19.1 Å². The van der Waals surface area contributed by atoms with Crippen LogP contribution in [0.4, 0.5) is 11.4 Å². The molecular formula is C16H15ClN2O3S. The van der Waals surface area contributed by atoms with Gasteiger partial charge in [-0.1, -0.05) is 36.9 Å². The Morgan fingerprint density at radius 1 is 1.09 bits per heavy atom. The van der Waals surface area contributed by atoms with Crippen molar-refractivity contribution in [2.24, 2.45) is 0 Å². The third kappa shape index (κ3) is 3.72. The van der Waals surface area contributed by atoms with Crippen LogP contribution in [0.1, 0.15) is 6.92 Å². The molecule has 0 aliphatic heterocycles. The standard InChI is InChI=1S/C16H15ClN2O3S/c1-12(2)16(20)18-14-10-6-7-11-15(14)23(21,22)19(17)13-8-4-3-5-9-13/h3-11H,1H2,2H3,(H,18,20). The largest absolute Gasteiger partial charge is 0.321 e. The lowest BCUT2D eigenvalue weighted by molar-refractivity contribution is -0.112. The predicted molar refractivity (Wildman–Crippen MR) is 91.8 cm³/mol. The van der Waals surface area contributed by atoms with E-state index in [1.807, 2.05) is 0 Å². The molecule has 2 rings (SSSR count). The maximum absolute atomic E-state index is 12.7. The second-order valence-electron chi connectivity index (χ2n) is 4.79. The molecule has 0 aliphatic rings. The minimum Gasteiger partial charge on any atom is -0.321 e. The van der Waals surface area contributed by atoms with Gasteiger partial charge in [0.2, 0.25) is 0 Å². The fourth-order valence-electron chi connectivity index (χ4n) is 1.79. The van der Waals surface area contributed by atoms with Gasteiger partial charge in [0.1, 0.15) is 4.90 Å². The molecular weight excluding hydrogens is 336 g/mol. The van der Waals surface area contributed by atoms with Crippen LogP contribution in [0, 0.1) is 0 Å². The molecule has 0 unspecified atom stereocenters. The van der Waals surface area contributed by atoms with Gasteiger partial charge in [-0.15, -0.1) is 0 Å². The van der Waals surface area contributed by atoms with Gasteiger partial charge in [0.15, 0.2) is 0 Å². The average Bonchev–Trinajstić information content (AvgIpc) is 2.55. The molecule has 0 radical (unpaired) electrons. The molecule has 0 saturated carbocycles. The molecule has 0 heterocycles. The molecule has 2 aromatic carbocycles. The van der Waals surface area contributed by atoms with Gasteiger partial charge in [0.05, 0.1) is 11.4 Å². The van der Waals surface area contributed by atoms with Crippen molar-refractivity contribution in [2.75, 3.05) is 9.14 Å². The zero-order valence-corrected chi connectivity index (χ0v) is 13.9. The molecule has 0 spiro atoms. The Balaban J connectivity index is 2.44. The Hall–Kier alpha value is -2.31. The highest BCUT2D eigenvalue weighted by Crippen LogP contribution is 2.30. The molecule has 1 N–H and O–H groups in total. The lowest BCUT2D eigenvalue weighted by Crippen LogP contribution is -2.23. The number of amides is 1. The van der Waals surface area contributed by atoms with Gasteiger partial charge >= 0.3 is 0 Å². The molecule has 0 aliphatic carbocycles. The van der Waals surface area contributed by atoms with Crippen molar-refractivity contribution < 1.29 is 13.2 Å². The SMILES string of the molecule is C=C(C)C(=O)Nc1ccccc1S(=O)(=O)N(Cl)c1ccccc1. The van der Waals surface area contributed by atoms with E-state index >= 15 is 0 Å². The van der Waals surface area contributed by atoms with E-state index in [1.54, 1.807) is 42.5 Å². The maximum Gasteiger partial charge on any atom is 0.280 e. The van der Waals surface area contributed by atoms with E-state index in [-0.39, 0.29) is 16.2 Å². The van der Waals surface area contributed by atoms with E-state index in [4.69, 9.17) is 11.8 Å². The summed E-state index contributed by atoms with van der Waals surface area (Å²) in [5.74, 6) is -0.464. The van der Waals surface area contributed by atoms with E-state index in [9.17, 15) is 13.2 Å². The molecule has 23 heavy (non-hydrogen) atoms. The molecule has 0 saturated heterocycles. The van der Waals surface area contributed by atoms with Crippen molar-refractivity contribution >= 4 is 39.1 Å². The third-order valence-corrected chi connectivity index (χ3v) is 5.26. The summed E-state index contributed by atoms with van der Waals surface area (Å²) >= 11 is 6.02. The Bertz CT molecular complexity index is 835. The zero-order chi connectivity index (χ0) is 17.0. The summed E-state index contributed by atoms with van der Waals surface area (Å²) in [6, 6.07) is 14.3. The van der Waals surface area contributed by atoms with Crippen LogP contribution in [-0.4, -0.2) is 14.3 Å². The molecule has 0 aromatic heterocycles. The van der Waals surface area contributed by atoms with Crippen molar-refractivity contribution in [1.29, 1.82) is 0 Å². The Kier molecular flexibility index (Phi) is 5.08. The zero-order valence-electron chi connectivity index (χ0n) is 12.4. The number of rotatable bonds is 5. The summed E-state index contributed by atoms with van der Waals surface area (Å²) in [5.41, 5.74) is 0.709. The van der Waals surface area contributed by atoms with Crippen LogP contribution < -0.4 is 9.14 Å². The molecule has 1 amide bonds. The average molecular weight is 351 g/mol. The summed E-state index contributed by atoms with van der Waals surface area (Å²) in [6.07, 6.45) is 0. The monoisotopic (exact) mass is 350 g/mol. The molecule has 0 atom stereocenters. The number of para-hydroxylation sites is 2.